The molecule has 3 rings (SSSR count). The highest BCUT2D eigenvalue weighted by Crippen LogP contribution is 2.37. The Balaban J connectivity index is 1.76. The molecule has 0 aliphatic rings. The zero-order chi connectivity index (χ0) is 27.6. The predicted molar refractivity (Wildman–Crippen MR) is 139 cm³/mol. The van der Waals surface area contributed by atoms with Gasteiger partial charge in [0.15, 0.2) is 0 Å². The van der Waals surface area contributed by atoms with Crippen molar-refractivity contribution in [1.82, 2.24) is 0 Å². The second-order valence-corrected chi connectivity index (χ2v) is 12.5. The van der Waals surface area contributed by atoms with Crippen LogP contribution in [0.15, 0.2) is 76.1 Å². The first-order chi connectivity index (χ1) is 17.1. The number of sulfonamides is 2. The molecule has 0 spiro atoms. The van der Waals surface area contributed by atoms with Crippen LogP contribution in [0.25, 0.3) is 0 Å². The summed E-state index contributed by atoms with van der Waals surface area (Å²) in [6, 6.07) is 13.9. The van der Waals surface area contributed by atoms with E-state index in [4.69, 9.17) is 11.6 Å². The van der Waals surface area contributed by atoms with Crippen LogP contribution in [-0.2, 0) is 31.0 Å². The Morgan fingerprint density at radius 2 is 1.51 bits per heavy atom. The Morgan fingerprint density at radius 1 is 0.946 bits per heavy atom. The van der Waals surface area contributed by atoms with Crippen LogP contribution in [0.4, 0.5) is 30.2 Å². The quantitative estimate of drug-likeness (QED) is 0.346. The number of nitrogens with zero attached hydrogens (tertiary/aromatic N) is 1. The summed E-state index contributed by atoms with van der Waals surface area (Å²) in [5, 5.41) is 1.77. The van der Waals surface area contributed by atoms with Crippen LogP contribution >= 0.6 is 27.5 Å². The van der Waals surface area contributed by atoms with Gasteiger partial charge in [-0.05, 0) is 66.7 Å². The smallest absolute Gasteiger partial charge is 0.325 e. The number of hydrogen-bond donors (Lipinski definition) is 2. The Kier molecular flexibility index (Phi) is 8.47. The monoisotopic (exact) mass is 639 g/mol. The number of carbonyl (C=O) groups is 1. The fourth-order valence-electron chi connectivity index (χ4n) is 3.07. The summed E-state index contributed by atoms with van der Waals surface area (Å²) in [4.78, 5) is 12.4. The maximum absolute atomic E-state index is 13.2. The van der Waals surface area contributed by atoms with Crippen molar-refractivity contribution in [1.29, 1.82) is 0 Å². The Hall–Kier alpha value is -2.81. The normalized spacial score (nSPS) is 12.2. The van der Waals surface area contributed by atoms with Crippen LogP contribution in [0.3, 0.4) is 0 Å². The van der Waals surface area contributed by atoms with E-state index in [1.807, 2.05) is 0 Å². The lowest BCUT2D eigenvalue weighted by Gasteiger charge is -2.23. The van der Waals surface area contributed by atoms with E-state index in [0.29, 0.717) is 16.1 Å². The van der Waals surface area contributed by atoms with E-state index in [1.165, 1.54) is 24.3 Å². The summed E-state index contributed by atoms with van der Waals surface area (Å²) in [5.41, 5.74) is -1.20. The second kappa shape index (κ2) is 10.9. The maximum Gasteiger partial charge on any atom is 0.417 e. The van der Waals surface area contributed by atoms with E-state index in [-0.39, 0.29) is 10.6 Å². The zero-order valence-electron chi connectivity index (χ0n) is 18.8. The van der Waals surface area contributed by atoms with Crippen LogP contribution in [0, 0.1) is 0 Å². The fourth-order valence-corrected chi connectivity index (χ4v) is 5.46. The largest absolute Gasteiger partial charge is 0.417 e. The molecule has 198 valence electrons. The Bertz CT molecular complexity index is 1520. The number of hydrogen-bond acceptors (Lipinski definition) is 5. The van der Waals surface area contributed by atoms with Crippen molar-refractivity contribution in [2.45, 2.75) is 11.1 Å². The highest BCUT2D eigenvalue weighted by Gasteiger charge is 2.34. The summed E-state index contributed by atoms with van der Waals surface area (Å²) < 4.78 is 93.0. The maximum atomic E-state index is 13.2. The van der Waals surface area contributed by atoms with Gasteiger partial charge < -0.3 is 5.32 Å². The van der Waals surface area contributed by atoms with Gasteiger partial charge in [0.1, 0.15) is 6.54 Å². The fraction of sp³-hybridized carbons (Fsp3) is 0.136. The lowest BCUT2D eigenvalue weighted by atomic mass is 10.2. The molecule has 37 heavy (non-hydrogen) atoms. The number of benzene rings is 3. The number of amides is 1. The summed E-state index contributed by atoms with van der Waals surface area (Å²) in [7, 11) is -8.10. The number of nitrogens with one attached hydrogen (secondary N) is 2. The van der Waals surface area contributed by atoms with Gasteiger partial charge in [0.25, 0.3) is 10.0 Å². The van der Waals surface area contributed by atoms with Crippen molar-refractivity contribution < 1.29 is 34.8 Å². The lowest BCUT2D eigenvalue weighted by Crippen LogP contribution is -2.37. The number of anilines is 3. The molecule has 15 heteroatoms. The molecule has 3 aromatic carbocycles. The summed E-state index contributed by atoms with van der Waals surface area (Å²) in [6.07, 6.45) is -4.10. The van der Waals surface area contributed by atoms with Gasteiger partial charge >= 0.3 is 6.18 Å². The first-order valence-corrected chi connectivity index (χ1v) is 14.6. The van der Waals surface area contributed by atoms with Crippen molar-refractivity contribution in [3.63, 3.8) is 0 Å². The number of alkyl halides is 3. The molecule has 0 aliphatic carbocycles. The van der Waals surface area contributed by atoms with Crippen molar-refractivity contribution in [3.8, 4) is 0 Å². The Labute approximate surface area is 224 Å². The molecule has 3 aromatic rings. The second-order valence-electron chi connectivity index (χ2n) is 7.62. The van der Waals surface area contributed by atoms with Crippen LogP contribution in [-0.4, -0.2) is 35.5 Å². The zero-order valence-corrected chi connectivity index (χ0v) is 22.7. The molecular weight excluding hydrogens is 623 g/mol. The first-order valence-electron chi connectivity index (χ1n) is 10.1. The molecule has 0 atom stereocenters. The minimum atomic E-state index is -4.84. The third-order valence-corrected chi connectivity index (χ3v) is 8.17. The van der Waals surface area contributed by atoms with Crippen LogP contribution in [0.5, 0.6) is 0 Å². The Morgan fingerprint density at radius 3 is 2.05 bits per heavy atom. The molecule has 0 radical (unpaired) electrons. The molecule has 0 saturated heterocycles. The highest BCUT2D eigenvalue weighted by atomic mass is 79.9. The molecule has 0 saturated carbocycles. The molecule has 0 aromatic heterocycles. The molecule has 0 unspecified atom stereocenters. The molecule has 1 amide bonds. The molecule has 0 heterocycles. The average molecular weight is 641 g/mol. The van der Waals surface area contributed by atoms with Gasteiger partial charge in [-0.25, -0.2) is 16.8 Å². The number of rotatable bonds is 8. The molecular formula is C22H18BrClF3N3O5S2. The molecule has 2 N–H and O–H groups in total. The third kappa shape index (κ3) is 7.60. The standard InChI is InChI=1S/C22H18BrClF3N3O5S2/c1-36(32,33)30(17-8-11-20(24)19(12-17)22(25,26)27)13-21(31)28-15-6-9-18(10-7-15)37(34,35)29-16-4-2-14(23)3-5-16/h2-12,29H,13H2,1H3,(H,28,31). The number of carbonyl (C=O) groups excluding carboxylic acids is 1. The predicted octanol–water partition coefficient (Wildman–Crippen LogP) is 5.33. The van der Waals surface area contributed by atoms with E-state index in [1.54, 1.807) is 24.3 Å². The van der Waals surface area contributed by atoms with Gasteiger partial charge in [0, 0.05) is 15.8 Å². The van der Waals surface area contributed by atoms with Gasteiger partial charge in [-0.15, -0.1) is 0 Å². The average Bonchev–Trinajstić information content (AvgIpc) is 2.78. The third-order valence-electron chi connectivity index (χ3n) is 4.78. The van der Waals surface area contributed by atoms with E-state index in [9.17, 15) is 34.8 Å². The van der Waals surface area contributed by atoms with Gasteiger partial charge in [-0.2, -0.15) is 13.2 Å². The summed E-state index contributed by atoms with van der Waals surface area (Å²) in [6.45, 7) is -0.844. The van der Waals surface area contributed by atoms with Gasteiger partial charge in [0.2, 0.25) is 15.9 Å². The van der Waals surface area contributed by atoms with Gasteiger partial charge in [-0.1, -0.05) is 27.5 Å². The van der Waals surface area contributed by atoms with Crippen LogP contribution < -0.4 is 14.3 Å². The molecule has 0 aliphatic heterocycles. The molecule has 0 bridgehead atoms. The molecule has 0 fully saturated rings. The van der Waals surface area contributed by atoms with Crippen LogP contribution in [0.2, 0.25) is 5.02 Å². The van der Waals surface area contributed by atoms with Crippen molar-refractivity contribution in [3.05, 3.63) is 81.8 Å². The highest BCUT2D eigenvalue weighted by molar-refractivity contribution is 9.10. The lowest BCUT2D eigenvalue weighted by molar-refractivity contribution is -0.137. The van der Waals surface area contributed by atoms with E-state index in [2.05, 4.69) is 26.0 Å². The van der Waals surface area contributed by atoms with Crippen molar-refractivity contribution >= 4 is 70.5 Å². The van der Waals surface area contributed by atoms with E-state index in [0.717, 1.165) is 22.9 Å². The summed E-state index contributed by atoms with van der Waals surface area (Å²) >= 11 is 8.84. The number of halogens is 5. The minimum Gasteiger partial charge on any atom is -0.325 e. The SMILES string of the molecule is CS(=O)(=O)N(CC(=O)Nc1ccc(S(=O)(=O)Nc2ccc(Br)cc2)cc1)c1ccc(Cl)c(C(F)(F)F)c1. The first kappa shape index (κ1) is 28.8. The van der Waals surface area contributed by atoms with Crippen LogP contribution in [0.1, 0.15) is 5.56 Å². The summed E-state index contributed by atoms with van der Waals surface area (Å²) in [5.74, 6) is -0.877. The van der Waals surface area contributed by atoms with Crippen molar-refractivity contribution in [2.24, 2.45) is 0 Å². The van der Waals surface area contributed by atoms with Gasteiger partial charge in [0.05, 0.1) is 27.4 Å². The minimum absolute atomic E-state index is 0.105. The van der Waals surface area contributed by atoms with E-state index >= 15 is 0 Å². The van der Waals surface area contributed by atoms with Crippen molar-refractivity contribution in [2.75, 3.05) is 27.1 Å². The topological polar surface area (TPSA) is 113 Å². The van der Waals surface area contributed by atoms with E-state index < -0.39 is 54.9 Å². The van der Waals surface area contributed by atoms with Gasteiger partial charge in [-0.3, -0.25) is 13.8 Å². The molecule has 8 nitrogen and oxygen atoms in total.